The highest BCUT2D eigenvalue weighted by molar-refractivity contribution is 5.80. The van der Waals surface area contributed by atoms with E-state index < -0.39 is 10.7 Å². The summed E-state index contributed by atoms with van der Waals surface area (Å²) < 4.78 is 13.8. The van der Waals surface area contributed by atoms with Crippen LogP contribution < -0.4 is 16.1 Å². The van der Waals surface area contributed by atoms with Crippen molar-refractivity contribution in [3.63, 3.8) is 0 Å². The molecule has 11 heteroatoms. The molecule has 35 heavy (non-hydrogen) atoms. The summed E-state index contributed by atoms with van der Waals surface area (Å²) in [6.07, 6.45) is 1.32. The SMILES string of the molecule is Cc1ccc(Nc2nc(NN=Cc3ccccc3F)nc(Nc3ccc([N+](=O)[O-])cc3)n2)cc1C. The maximum Gasteiger partial charge on any atom is 0.269 e. The van der Waals surface area contributed by atoms with Crippen LogP contribution in [0, 0.1) is 29.8 Å². The van der Waals surface area contributed by atoms with Crippen molar-refractivity contribution in [3.8, 4) is 0 Å². The number of rotatable bonds is 8. The summed E-state index contributed by atoms with van der Waals surface area (Å²) in [7, 11) is 0. The lowest BCUT2D eigenvalue weighted by molar-refractivity contribution is -0.384. The summed E-state index contributed by atoms with van der Waals surface area (Å²) in [6, 6.07) is 17.9. The second-order valence-corrected chi connectivity index (χ2v) is 7.55. The number of aryl methyl sites for hydroxylation is 2. The highest BCUT2D eigenvalue weighted by Gasteiger charge is 2.10. The fourth-order valence-electron chi connectivity index (χ4n) is 3.02. The van der Waals surface area contributed by atoms with Gasteiger partial charge in [0.1, 0.15) is 5.82 Å². The van der Waals surface area contributed by atoms with Gasteiger partial charge in [-0.1, -0.05) is 24.3 Å². The summed E-state index contributed by atoms with van der Waals surface area (Å²) in [5.41, 5.74) is 6.52. The van der Waals surface area contributed by atoms with E-state index in [1.807, 2.05) is 32.0 Å². The summed E-state index contributed by atoms with van der Waals surface area (Å²) in [5, 5.41) is 21.1. The van der Waals surface area contributed by atoms with Crippen LogP contribution in [0.2, 0.25) is 0 Å². The first-order valence-electron chi connectivity index (χ1n) is 10.5. The molecule has 0 aliphatic heterocycles. The molecule has 1 heterocycles. The molecule has 0 spiro atoms. The van der Waals surface area contributed by atoms with Gasteiger partial charge in [0.2, 0.25) is 17.8 Å². The lowest BCUT2D eigenvalue weighted by Gasteiger charge is -2.11. The first-order chi connectivity index (χ1) is 16.9. The first kappa shape index (κ1) is 23.2. The van der Waals surface area contributed by atoms with Crippen LogP contribution in [0.25, 0.3) is 0 Å². The minimum Gasteiger partial charge on any atom is -0.324 e. The number of anilines is 5. The average molecular weight is 472 g/mol. The molecule has 0 saturated heterocycles. The lowest BCUT2D eigenvalue weighted by Crippen LogP contribution is -2.07. The molecular weight excluding hydrogens is 451 g/mol. The van der Waals surface area contributed by atoms with Gasteiger partial charge in [-0.15, -0.1) is 0 Å². The van der Waals surface area contributed by atoms with Gasteiger partial charge >= 0.3 is 0 Å². The molecule has 0 amide bonds. The smallest absolute Gasteiger partial charge is 0.269 e. The number of nitro benzene ring substituents is 1. The van der Waals surface area contributed by atoms with E-state index in [1.165, 1.54) is 24.4 Å². The number of hydrogen-bond acceptors (Lipinski definition) is 9. The summed E-state index contributed by atoms with van der Waals surface area (Å²) in [6.45, 7) is 4.02. The van der Waals surface area contributed by atoms with Gasteiger partial charge in [0.25, 0.3) is 5.69 Å². The molecule has 176 valence electrons. The van der Waals surface area contributed by atoms with Crippen LogP contribution in [0.1, 0.15) is 16.7 Å². The largest absolute Gasteiger partial charge is 0.324 e. The summed E-state index contributed by atoms with van der Waals surface area (Å²) in [4.78, 5) is 23.4. The third-order valence-electron chi connectivity index (χ3n) is 5.01. The van der Waals surface area contributed by atoms with E-state index in [0.717, 1.165) is 16.8 Å². The van der Waals surface area contributed by atoms with Crippen LogP contribution in [0.5, 0.6) is 0 Å². The maximum atomic E-state index is 13.8. The number of nitrogens with zero attached hydrogens (tertiary/aromatic N) is 5. The molecule has 3 N–H and O–H groups in total. The number of aromatic nitrogens is 3. The van der Waals surface area contributed by atoms with E-state index in [9.17, 15) is 14.5 Å². The molecule has 0 fully saturated rings. The molecule has 0 aliphatic rings. The standard InChI is InChI=1S/C24H21FN8O2/c1-15-7-8-19(13-16(15)2)28-23-29-22(27-18-9-11-20(12-10-18)33(34)35)30-24(31-23)32-26-14-17-5-3-4-6-21(17)25/h3-14H,1-2H3,(H3,27,28,29,30,31,32). The van der Waals surface area contributed by atoms with Gasteiger partial charge in [-0.3, -0.25) is 10.1 Å². The molecule has 1 aromatic heterocycles. The zero-order valence-electron chi connectivity index (χ0n) is 18.9. The predicted octanol–water partition coefficient (Wildman–Crippen LogP) is 5.47. The predicted molar refractivity (Wildman–Crippen MR) is 133 cm³/mol. The fourth-order valence-corrected chi connectivity index (χ4v) is 3.02. The highest BCUT2D eigenvalue weighted by Crippen LogP contribution is 2.22. The Morgan fingerprint density at radius 2 is 1.49 bits per heavy atom. The Hall–Kier alpha value is -4.93. The number of hydrogen-bond donors (Lipinski definition) is 3. The van der Waals surface area contributed by atoms with Gasteiger partial charge in [-0.25, -0.2) is 9.82 Å². The van der Waals surface area contributed by atoms with E-state index in [0.29, 0.717) is 11.3 Å². The number of non-ortho nitro benzene ring substituents is 1. The Bertz CT molecular complexity index is 1390. The molecule has 10 nitrogen and oxygen atoms in total. The molecule has 0 atom stereocenters. The first-order valence-corrected chi connectivity index (χ1v) is 10.5. The second-order valence-electron chi connectivity index (χ2n) is 7.55. The lowest BCUT2D eigenvalue weighted by atomic mass is 10.1. The molecule has 0 saturated carbocycles. The van der Waals surface area contributed by atoms with Crippen LogP contribution in [-0.2, 0) is 0 Å². The second kappa shape index (κ2) is 10.3. The van der Waals surface area contributed by atoms with E-state index in [4.69, 9.17) is 0 Å². The van der Waals surface area contributed by atoms with Crippen LogP contribution in [0.3, 0.4) is 0 Å². The fraction of sp³-hybridized carbons (Fsp3) is 0.0833. The third kappa shape index (κ3) is 6.11. The monoisotopic (exact) mass is 472 g/mol. The van der Waals surface area contributed by atoms with Gasteiger partial charge in [0.15, 0.2) is 0 Å². The number of nitrogens with one attached hydrogen (secondary N) is 3. The van der Waals surface area contributed by atoms with Gasteiger partial charge < -0.3 is 10.6 Å². The quantitative estimate of drug-likeness (QED) is 0.175. The van der Waals surface area contributed by atoms with E-state index in [1.54, 1.807) is 30.3 Å². The Morgan fingerprint density at radius 1 is 0.857 bits per heavy atom. The molecule has 0 aliphatic carbocycles. The van der Waals surface area contributed by atoms with E-state index in [2.05, 4.69) is 36.1 Å². The van der Waals surface area contributed by atoms with Crippen molar-refractivity contribution in [2.24, 2.45) is 5.10 Å². The summed E-state index contributed by atoms with van der Waals surface area (Å²) >= 11 is 0. The van der Waals surface area contributed by atoms with Gasteiger partial charge in [0.05, 0.1) is 11.1 Å². The molecule has 3 aromatic carbocycles. The Morgan fingerprint density at radius 3 is 2.14 bits per heavy atom. The maximum absolute atomic E-state index is 13.8. The zero-order chi connectivity index (χ0) is 24.8. The van der Waals surface area contributed by atoms with Crippen molar-refractivity contribution < 1.29 is 9.31 Å². The minimum atomic E-state index is -0.478. The molecule has 4 aromatic rings. The number of halogens is 1. The number of nitro groups is 1. The summed E-state index contributed by atoms with van der Waals surface area (Å²) in [5.74, 6) is 0.0923. The van der Waals surface area contributed by atoms with Crippen LogP contribution in [-0.4, -0.2) is 26.1 Å². The molecular formula is C24H21FN8O2. The topological polar surface area (TPSA) is 130 Å². The molecule has 0 radical (unpaired) electrons. The molecule has 0 unspecified atom stereocenters. The minimum absolute atomic E-state index is 0.0341. The Balaban J connectivity index is 1.60. The van der Waals surface area contributed by atoms with E-state index in [-0.39, 0.29) is 23.5 Å². The normalized spacial score (nSPS) is 10.8. The van der Waals surface area contributed by atoms with E-state index >= 15 is 0 Å². The molecule has 0 bridgehead atoms. The Kier molecular flexibility index (Phi) is 6.86. The van der Waals surface area contributed by atoms with Crippen molar-refractivity contribution in [2.75, 3.05) is 16.1 Å². The van der Waals surface area contributed by atoms with Gasteiger partial charge in [-0.05, 0) is 55.3 Å². The zero-order valence-corrected chi connectivity index (χ0v) is 18.9. The van der Waals surface area contributed by atoms with Crippen molar-refractivity contribution in [1.82, 2.24) is 15.0 Å². The number of benzene rings is 3. The van der Waals surface area contributed by atoms with Crippen LogP contribution in [0.4, 0.5) is 39.3 Å². The van der Waals surface area contributed by atoms with Crippen LogP contribution in [0.15, 0.2) is 71.8 Å². The Labute approximate surface area is 200 Å². The molecule has 4 rings (SSSR count). The van der Waals surface area contributed by atoms with Gasteiger partial charge in [-0.2, -0.15) is 20.1 Å². The van der Waals surface area contributed by atoms with Gasteiger partial charge in [0, 0.05) is 29.1 Å². The average Bonchev–Trinajstić information content (AvgIpc) is 2.83. The highest BCUT2D eigenvalue weighted by atomic mass is 19.1. The van der Waals surface area contributed by atoms with Crippen molar-refractivity contribution in [3.05, 3.63) is 99.4 Å². The van der Waals surface area contributed by atoms with Crippen molar-refractivity contribution in [1.29, 1.82) is 0 Å². The van der Waals surface area contributed by atoms with Crippen molar-refractivity contribution >= 4 is 41.1 Å². The third-order valence-corrected chi connectivity index (χ3v) is 5.01. The number of hydrazone groups is 1. The van der Waals surface area contributed by atoms with Crippen molar-refractivity contribution in [2.45, 2.75) is 13.8 Å². The van der Waals surface area contributed by atoms with Crippen LogP contribution >= 0.6 is 0 Å².